The number of amides is 1. The van der Waals surface area contributed by atoms with Crippen molar-refractivity contribution in [1.82, 2.24) is 4.98 Å². The van der Waals surface area contributed by atoms with Crippen molar-refractivity contribution in [3.63, 3.8) is 0 Å². The van der Waals surface area contributed by atoms with Crippen LogP contribution in [-0.2, 0) is 20.7 Å². The smallest absolute Gasteiger partial charge is 0.307 e. The van der Waals surface area contributed by atoms with Crippen molar-refractivity contribution < 1.29 is 23.1 Å². The number of ether oxygens (including phenoxy) is 1. The Balaban J connectivity index is 1.91. The van der Waals surface area contributed by atoms with Crippen molar-refractivity contribution in [1.29, 1.82) is 0 Å². The largest absolute Gasteiger partial charge is 0.453 e. The number of rotatable bonds is 6. The molecule has 0 bridgehead atoms. The summed E-state index contributed by atoms with van der Waals surface area (Å²) >= 11 is 0. The monoisotopic (exact) mass is 306 g/mol. The molecule has 7 heteroatoms. The van der Waals surface area contributed by atoms with E-state index in [1.807, 2.05) is 0 Å². The lowest BCUT2D eigenvalue weighted by Gasteiger charge is -2.08. The number of carbonyl (C=O) groups is 2. The van der Waals surface area contributed by atoms with E-state index in [2.05, 4.69) is 4.98 Å². The lowest BCUT2D eigenvalue weighted by molar-refractivity contribution is -0.153. The molecule has 0 aliphatic rings. The minimum absolute atomic E-state index is 0.0149. The molecule has 0 saturated carbocycles. The Bertz CT molecular complexity index is 666. The molecule has 1 amide bonds. The molecule has 1 aromatic heterocycles. The molecular formula is C15H15FN2O4. The number of primary amides is 1. The van der Waals surface area contributed by atoms with Crippen molar-refractivity contribution in [3.05, 3.63) is 42.2 Å². The quantitative estimate of drug-likeness (QED) is 0.821. The summed E-state index contributed by atoms with van der Waals surface area (Å²) in [6.07, 6.45) is 0.777. The second-order valence-electron chi connectivity index (χ2n) is 4.66. The summed E-state index contributed by atoms with van der Waals surface area (Å²) in [5.41, 5.74) is 5.68. The fraction of sp³-hybridized carbons (Fsp3) is 0.267. The Morgan fingerprint density at radius 1 is 1.36 bits per heavy atom. The Hall–Kier alpha value is -2.70. The van der Waals surface area contributed by atoms with Gasteiger partial charge in [0, 0.05) is 12.0 Å². The molecule has 116 valence electrons. The molecule has 0 aliphatic carbocycles. The number of hydrogen-bond donors (Lipinski definition) is 1. The van der Waals surface area contributed by atoms with Crippen molar-refractivity contribution in [2.45, 2.75) is 25.9 Å². The number of aromatic nitrogens is 1. The number of hydrogen-bond acceptors (Lipinski definition) is 5. The Morgan fingerprint density at radius 3 is 2.68 bits per heavy atom. The zero-order valence-electron chi connectivity index (χ0n) is 11.9. The lowest BCUT2D eigenvalue weighted by atomic mass is 10.2. The number of aryl methyl sites for hydroxylation is 1. The van der Waals surface area contributed by atoms with Crippen LogP contribution < -0.4 is 5.73 Å². The average molecular weight is 306 g/mol. The molecule has 22 heavy (non-hydrogen) atoms. The van der Waals surface area contributed by atoms with Gasteiger partial charge in [-0.25, -0.2) is 9.37 Å². The highest BCUT2D eigenvalue weighted by Gasteiger charge is 2.15. The van der Waals surface area contributed by atoms with E-state index in [1.54, 1.807) is 12.1 Å². The Labute approximate surface area is 126 Å². The van der Waals surface area contributed by atoms with Gasteiger partial charge in [0.2, 0.25) is 0 Å². The van der Waals surface area contributed by atoms with Gasteiger partial charge in [-0.05, 0) is 31.2 Å². The van der Waals surface area contributed by atoms with Gasteiger partial charge in [-0.3, -0.25) is 9.59 Å². The van der Waals surface area contributed by atoms with Crippen molar-refractivity contribution in [2.24, 2.45) is 5.73 Å². The summed E-state index contributed by atoms with van der Waals surface area (Å²) in [7, 11) is 0. The maximum atomic E-state index is 12.8. The fourth-order valence-electron chi connectivity index (χ4n) is 1.70. The summed E-state index contributed by atoms with van der Waals surface area (Å²) in [5, 5.41) is 0. The molecule has 6 nitrogen and oxygen atoms in total. The fourth-order valence-corrected chi connectivity index (χ4v) is 1.70. The third kappa shape index (κ3) is 4.15. The number of carbonyl (C=O) groups excluding carboxylic acids is 2. The summed E-state index contributed by atoms with van der Waals surface area (Å²) in [6.45, 7) is 1.40. The maximum Gasteiger partial charge on any atom is 0.307 e. The second kappa shape index (κ2) is 6.84. The first kappa shape index (κ1) is 15.7. The average Bonchev–Trinajstić information content (AvgIpc) is 2.94. The zero-order valence-corrected chi connectivity index (χ0v) is 11.9. The van der Waals surface area contributed by atoms with Crippen LogP contribution in [0.4, 0.5) is 4.39 Å². The van der Waals surface area contributed by atoms with Crippen molar-refractivity contribution in [3.8, 4) is 11.3 Å². The molecule has 1 atom stereocenters. The number of oxazole rings is 1. The van der Waals surface area contributed by atoms with E-state index in [1.165, 1.54) is 25.3 Å². The summed E-state index contributed by atoms with van der Waals surface area (Å²) in [4.78, 5) is 26.3. The molecule has 2 rings (SSSR count). The number of nitrogens with zero attached hydrogens (tertiary/aromatic N) is 1. The summed E-state index contributed by atoms with van der Waals surface area (Å²) < 4.78 is 23.1. The van der Waals surface area contributed by atoms with Crippen LogP contribution >= 0.6 is 0 Å². The van der Waals surface area contributed by atoms with Gasteiger partial charge < -0.3 is 14.9 Å². The third-order valence-electron chi connectivity index (χ3n) is 2.93. The predicted octanol–water partition coefficient (Wildman–Crippen LogP) is 1.83. The van der Waals surface area contributed by atoms with Crippen molar-refractivity contribution in [2.75, 3.05) is 0 Å². The van der Waals surface area contributed by atoms with E-state index >= 15 is 0 Å². The van der Waals surface area contributed by atoms with Gasteiger partial charge >= 0.3 is 5.97 Å². The molecule has 0 saturated heterocycles. The van der Waals surface area contributed by atoms with Crippen LogP contribution in [0.25, 0.3) is 11.3 Å². The van der Waals surface area contributed by atoms with Crippen LogP contribution in [0.1, 0.15) is 19.2 Å². The van der Waals surface area contributed by atoms with E-state index in [0.29, 0.717) is 17.2 Å². The third-order valence-corrected chi connectivity index (χ3v) is 2.93. The first-order chi connectivity index (χ1) is 10.5. The highest BCUT2D eigenvalue weighted by Crippen LogP contribution is 2.21. The molecule has 1 aromatic carbocycles. The number of nitrogens with two attached hydrogens (primary N) is 1. The minimum atomic E-state index is -0.966. The maximum absolute atomic E-state index is 12.8. The molecule has 0 fully saturated rings. The van der Waals surface area contributed by atoms with Gasteiger partial charge in [0.15, 0.2) is 17.8 Å². The van der Waals surface area contributed by atoms with Gasteiger partial charge in [-0.1, -0.05) is 0 Å². The van der Waals surface area contributed by atoms with Crippen LogP contribution in [0.5, 0.6) is 0 Å². The van der Waals surface area contributed by atoms with Gasteiger partial charge in [0.25, 0.3) is 5.91 Å². The van der Waals surface area contributed by atoms with Crippen LogP contribution in [0, 0.1) is 5.82 Å². The number of esters is 1. The van der Waals surface area contributed by atoms with Gasteiger partial charge in [-0.2, -0.15) is 0 Å². The molecule has 0 spiro atoms. The van der Waals surface area contributed by atoms with E-state index < -0.39 is 18.0 Å². The van der Waals surface area contributed by atoms with Gasteiger partial charge in [0.1, 0.15) is 5.82 Å². The molecule has 2 aromatic rings. The van der Waals surface area contributed by atoms with E-state index in [0.717, 1.165) is 0 Å². The van der Waals surface area contributed by atoms with E-state index in [4.69, 9.17) is 14.9 Å². The van der Waals surface area contributed by atoms with Crippen LogP contribution in [-0.4, -0.2) is 23.0 Å². The lowest BCUT2D eigenvalue weighted by Crippen LogP contribution is -2.30. The van der Waals surface area contributed by atoms with Gasteiger partial charge in [0.05, 0.1) is 12.6 Å². The minimum Gasteiger partial charge on any atom is -0.453 e. The summed E-state index contributed by atoms with van der Waals surface area (Å²) in [6, 6.07) is 5.78. The standard InChI is InChI=1S/C15H15FN2O4/c1-9(15(17)20)21-14(19)7-6-13-18-8-12(22-13)10-2-4-11(16)5-3-10/h2-5,8-9H,6-7H2,1H3,(H2,17,20). The number of benzene rings is 1. The predicted molar refractivity (Wildman–Crippen MR) is 75.0 cm³/mol. The first-order valence-electron chi connectivity index (χ1n) is 6.65. The topological polar surface area (TPSA) is 95.4 Å². The second-order valence-corrected chi connectivity index (χ2v) is 4.66. The molecule has 0 aliphatic heterocycles. The van der Waals surface area contributed by atoms with Crippen LogP contribution in [0.2, 0.25) is 0 Å². The molecule has 1 unspecified atom stereocenters. The summed E-state index contributed by atoms with van der Waals surface area (Å²) in [5.74, 6) is -0.775. The van der Waals surface area contributed by atoms with E-state index in [9.17, 15) is 14.0 Å². The Kier molecular flexibility index (Phi) is 4.88. The van der Waals surface area contributed by atoms with Crippen LogP contribution in [0.15, 0.2) is 34.9 Å². The molecular weight excluding hydrogens is 291 g/mol. The number of halogens is 1. The van der Waals surface area contributed by atoms with Gasteiger partial charge in [-0.15, -0.1) is 0 Å². The highest BCUT2D eigenvalue weighted by atomic mass is 19.1. The molecule has 2 N–H and O–H groups in total. The molecule has 1 heterocycles. The Morgan fingerprint density at radius 2 is 2.05 bits per heavy atom. The zero-order chi connectivity index (χ0) is 16.1. The molecule has 0 radical (unpaired) electrons. The van der Waals surface area contributed by atoms with Crippen LogP contribution in [0.3, 0.4) is 0 Å². The van der Waals surface area contributed by atoms with E-state index in [-0.39, 0.29) is 18.7 Å². The normalized spacial score (nSPS) is 11.9. The SMILES string of the molecule is CC(OC(=O)CCc1ncc(-c2ccc(F)cc2)o1)C(N)=O. The highest BCUT2D eigenvalue weighted by molar-refractivity contribution is 5.81. The first-order valence-corrected chi connectivity index (χ1v) is 6.65. The van der Waals surface area contributed by atoms with Crippen molar-refractivity contribution >= 4 is 11.9 Å².